The van der Waals surface area contributed by atoms with Crippen LogP contribution in [0.4, 0.5) is 0 Å². The summed E-state index contributed by atoms with van der Waals surface area (Å²) < 4.78 is 10.8. The van der Waals surface area contributed by atoms with Gasteiger partial charge >= 0.3 is 5.97 Å². The van der Waals surface area contributed by atoms with Gasteiger partial charge in [-0.15, -0.1) is 0 Å². The first-order chi connectivity index (χ1) is 16.3. The maximum Gasteiger partial charge on any atom is 0.342 e. The van der Waals surface area contributed by atoms with Crippen LogP contribution in [0.2, 0.25) is 0 Å². The van der Waals surface area contributed by atoms with Gasteiger partial charge in [0.05, 0.1) is 24.3 Å². The molecule has 0 radical (unpaired) electrons. The van der Waals surface area contributed by atoms with Crippen LogP contribution in [0, 0.1) is 0 Å². The highest BCUT2D eigenvalue weighted by Crippen LogP contribution is 2.27. The number of likely N-dealkylation sites (N-methyl/N-ethyl adjacent to an activating group) is 1. The van der Waals surface area contributed by atoms with Crippen molar-refractivity contribution in [2.45, 2.75) is 27.3 Å². The normalized spacial score (nSPS) is 12.4. The number of carbonyl (C=O) groups is 4. The van der Waals surface area contributed by atoms with E-state index in [-0.39, 0.29) is 29.8 Å². The molecule has 2 aromatic carbocycles. The Hall–Kier alpha value is -3.94. The summed E-state index contributed by atoms with van der Waals surface area (Å²) in [6, 6.07) is 11.4. The van der Waals surface area contributed by atoms with Crippen molar-refractivity contribution in [3.8, 4) is 5.75 Å². The highest BCUT2D eigenvalue weighted by molar-refractivity contribution is 6.21. The molecular formula is C26H28N2O6. The Bertz CT molecular complexity index is 1100. The van der Waals surface area contributed by atoms with E-state index in [0.29, 0.717) is 42.1 Å². The molecule has 0 unspecified atom stereocenters. The molecule has 1 heterocycles. The van der Waals surface area contributed by atoms with Crippen LogP contribution in [0.15, 0.2) is 54.6 Å². The lowest BCUT2D eigenvalue weighted by molar-refractivity contribution is -0.133. The Balaban J connectivity index is 1.77. The van der Waals surface area contributed by atoms with E-state index in [1.165, 1.54) is 11.0 Å². The lowest BCUT2D eigenvalue weighted by Gasteiger charge is -2.21. The van der Waals surface area contributed by atoms with Crippen LogP contribution in [0.1, 0.15) is 57.4 Å². The monoisotopic (exact) mass is 464 g/mol. The van der Waals surface area contributed by atoms with Gasteiger partial charge in [-0.2, -0.15) is 0 Å². The average molecular weight is 465 g/mol. The molecule has 0 bridgehead atoms. The van der Waals surface area contributed by atoms with Crippen molar-refractivity contribution >= 4 is 23.7 Å². The largest absolute Gasteiger partial charge is 0.493 e. The summed E-state index contributed by atoms with van der Waals surface area (Å²) >= 11 is 0. The smallest absolute Gasteiger partial charge is 0.342 e. The van der Waals surface area contributed by atoms with Gasteiger partial charge in [-0.3, -0.25) is 19.3 Å². The number of hydrogen-bond acceptors (Lipinski definition) is 6. The molecule has 0 fully saturated rings. The van der Waals surface area contributed by atoms with Gasteiger partial charge in [-0.1, -0.05) is 30.4 Å². The Morgan fingerprint density at radius 3 is 2.24 bits per heavy atom. The van der Waals surface area contributed by atoms with Crippen LogP contribution >= 0.6 is 0 Å². The predicted molar refractivity (Wildman–Crippen MR) is 126 cm³/mol. The zero-order chi connectivity index (χ0) is 24.8. The quantitative estimate of drug-likeness (QED) is 0.304. The maximum absolute atomic E-state index is 12.8. The van der Waals surface area contributed by atoms with Crippen LogP contribution < -0.4 is 4.74 Å². The molecule has 8 nitrogen and oxygen atoms in total. The van der Waals surface area contributed by atoms with E-state index < -0.39 is 12.6 Å². The van der Waals surface area contributed by atoms with Crippen LogP contribution in [-0.4, -0.2) is 59.8 Å². The molecule has 3 rings (SSSR count). The molecule has 0 aromatic heterocycles. The lowest BCUT2D eigenvalue weighted by atomic mass is 10.1. The molecule has 34 heavy (non-hydrogen) atoms. The topological polar surface area (TPSA) is 93.2 Å². The molecule has 0 N–H and O–H groups in total. The van der Waals surface area contributed by atoms with E-state index in [9.17, 15) is 19.2 Å². The highest BCUT2D eigenvalue weighted by atomic mass is 16.5. The van der Waals surface area contributed by atoms with E-state index in [4.69, 9.17) is 9.47 Å². The Morgan fingerprint density at radius 2 is 1.68 bits per heavy atom. The van der Waals surface area contributed by atoms with Crippen molar-refractivity contribution in [1.29, 1.82) is 0 Å². The molecule has 1 aliphatic rings. The molecule has 0 atom stereocenters. The van der Waals surface area contributed by atoms with E-state index in [2.05, 4.69) is 6.58 Å². The molecule has 2 aromatic rings. The number of fused-ring (bicyclic) bond motifs is 1. The van der Waals surface area contributed by atoms with Crippen molar-refractivity contribution in [2.75, 3.05) is 26.3 Å². The zero-order valence-corrected chi connectivity index (χ0v) is 19.6. The van der Waals surface area contributed by atoms with E-state index in [0.717, 1.165) is 10.5 Å². The van der Waals surface area contributed by atoms with Crippen molar-refractivity contribution in [1.82, 2.24) is 9.80 Å². The van der Waals surface area contributed by atoms with Crippen LogP contribution in [0.25, 0.3) is 0 Å². The van der Waals surface area contributed by atoms with E-state index >= 15 is 0 Å². The van der Waals surface area contributed by atoms with E-state index in [1.807, 2.05) is 13.8 Å². The Kier molecular flexibility index (Phi) is 7.83. The number of nitrogens with zero attached hydrogens (tertiary/aromatic N) is 2. The molecule has 178 valence electrons. The van der Waals surface area contributed by atoms with Gasteiger partial charge < -0.3 is 14.4 Å². The third-order valence-corrected chi connectivity index (χ3v) is 5.30. The van der Waals surface area contributed by atoms with Crippen LogP contribution in [0.3, 0.4) is 0 Å². The summed E-state index contributed by atoms with van der Waals surface area (Å²) in [4.78, 5) is 53.3. The number of carbonyl (C=O) groups excluding carboxylic acids is 4. The molecule has 8 heteroatoms. The first-order valence-electron chi connectivity index (χ1n) is 11.1. The van der Waals surface area contributed by atoms with Crippen molar-refractivity contribution in [3.05, 3.63) is 76.9 Å². The molecular weight excluding hydrogens is 436 g/mol. The predicted octanol–water partition coefficient (Wildman–Crippen LogP) is 3.46. The van der Waals surface area contributed by atoms with Crippen molar-refractivity contribution in [3.63, 3.8) is 0 Å². The first-order valence-corrected chi connectivity index (χ1v) is 11.1. The van der Waals surface area contributed by atoms with Gasteiger partial charge in [0.25, 0.3) is 17.7 Å². The average Bonchev–Trinajstić information content (AvgIpc) is 3.06. The fraction of sp³-hybridized carbons (Fsp3) is 0.308. The zero-order valence-electron chi connectivity index (χ0n) is 19.6. The van der Waals surface area contributed by atoms with Gasteiger partial charge in [-0.25, -0.2) is 4.79 Å². The maximum atomic E-state index is 12.8. The van der Waals surface area contributed by atoms with Gasteiger partial charge in [0, 0.05) is 13.1 Å². The number of esters is 1. The SMILES string of the molecule is C=C(C)CN(CC)C(=O)COC(=O)c1cc(CN2C(=O)c3ccccc3C2=O)ccc1OCC. The number of rotatable bonds is 10. The van der Waals surface area contributed by atoms with Gasteiger partial charge in [0.2, 0.25) is 0 Å². The van der Waals surface area contributed by atoms with Gasteiger partial charge in [0.15, 0.2) is 6.61 Å². The minimum absolute atomic E-state index is 0.0137. The van der Waals surface area contributed by atoms with Gasteiger partial charge in [-0.05, 0) is 50.6 Å². The van der Waals surface area contributed by atoms with Gasteiger partial charge in [0.1, 0.15) is 11.3 Å². The second-order valence-corrected chi connectivity index (χ2v) is 7.95. The lowest BCUT2D eigenvalue weighted by Crippen LogP contribution is -2.35. The Morgan fingerprint density at radius 1 is 1.03 bits per heavy atom. The van der Waals surface area contributed by atoms with Crippen LogP contribution in [-0.2, 0) is 16.1 Å². The highest BCUT2D eigenvalue weighted by Gasteiger charge is 2.35. The third-order valence-electron chi connectivity index (χ3n) is 5.30. The second kappa shape index (κ2) is 10.8. The summed E-state index contributed by atoms with van der Waals surface area (Å²) in [5.74, 6) is -1.55. The standard InChI is InChI=1S/C26H28N2O6/c1-5-27(14-17(3)4)23(29)16-34-26(32)21-13-18(11-12-22(21)33-6-2)15-28-24(30)19-9-7-8-10-20(19)25(28)31/h7-13H,3,5-6,14-16H2,1-2,4H3. The molecule has 0 saturated carbocycles. The van der Waals surface area contributed by atoms with Crippen molar-refractivity contribution < 1.29 is 28.7 Å². The minimum Gasteiger partial charge on any atom is -0.493 e. The Labute approximate surface area is 198 Å². The summed E-state index contributed by atoms with van der Waals surface area (Å²) in [5, 5.41) is 0. The fourth-order valence-electron chi connectivity index (χ4n) is 3.68. The second-order valence-electron chi connectivity index (χ2n) is 7.95. The molecule has 0 saturated heterocycles. The first kappa shape index (κ1) is 24.7. The number of imide groups is 1. The molecule has 0 spiro atoms. The number of ether oxygens (including phenoxy) is 2. The summed E-state index contributed by atoms with van der Waals surface area (Å²) in [6.45, 7) is 9.96. The molecule has 0 aliphatic carbocycles. The number of amides is 3. The summed E-state index contributed by atoms with van der Waals surface area (Å²) in [7, 11) is 0. The summed E-state index contributed by atoms with van der Waals surface area (Å²) in [6.07, 6.45) is 0. The summed E-state index contributed by atoms with van der Waals surface area (Å²) in [5.41, 5.74) is 2.19. The molecule has 3 amide bonds. The number of hydrogen-bond donors (Lipinski definition) is 0. The van der Waals surface area contributed by atoms with Crippen molar-refractivity contribution in [2.24, 2.45) is 0 Å². The van der Waals surface area contributed by atoms with Crippen LogP contribution in [0.5, 0.6) is 5.75 Å². The number of benzene rings is 2. The minimum atomic E-state index is -0.729. The third kappa shape index (κ3) is 5.33. The molecule has 1 aliphatic heterocycles. The van der Waals surface area contributed by atoms with E-state index in [1.54, 1.807) is 43.3 Å². The fourth-order valence-corrected chi connectivity index (χ4v) is 3.68.